The predicted molar refractivity (Wildman–Crippen MR) is 64.0 cm³/mol. The van der Waals surface area contributed by atoms with E-state index < -0.39 is 20.6 Å². The average molecular weight is 235 g/mol. The molecule has 0 spiro atoms. The Morgan fingerprint density at radius 2 is 1.80 bits per heavy atom. The van der Waals surface area contributed by atoms with Crippen LogP contribution in [0.25, 0.3) is 0 Å². The predicted octanol–water partition coefficient (Wildman–Crippen LogP) is 1.04. The van der Waals surface area contributed by atoms with Gasteiger partial charge in [0, 0.05) is 6.61 Å². The first-order valence-electron chi connectivity index (χ1n) is 5.34. The van der Waals surface area contributed by atoms with Crippen molar-refractivity contribution in [2.75, 3.05) is 6.61 Å². The Balaban J connectivity index is 4.52. The fourth-order valence-electron chi connectivity index (χ4n) is 0.982. The van der Waals surface area contributed by atoms with Gasteiger partial charge in [0.15, 0.2) is 8.32 Å². The highest BCUT2D eigenvalue weighted by molar-refractivity contribution is 6.74. The zero-order valence-electron chi connectivity index (χ0n) is 10.4. The molecular formula is C10H25NO3Si. The van der Waals surface area contributed by atoms with Crippen LogP contribution >= 0.6 is 0 Å². The van der Waals surface area contributed by atoms with Crippen LogP contribution in [0.5, 0.6) is 0 Å². The van der Waals surface area contributed by atoms with Crippen LogP contribution in [0.2, 0.25) is 18.1 Å². The fourth-order valence-corrected chi connectivity index (χ4v) is 2.35. The summed E-state index contributed by atoms with van der Waals surface area (Å²) < 4.78 is 5.91. The van der Waals surface area contributed by atoms with Crippen LogP contribution in [0.4, 0.5) is 0 Å². The normalized spacial score (nSPS) is 17.6. The van der Waals surface area contributed by atoms with E-state index >= 15 is 0 Å². The van der Waals surface area contributed by atoms with Crippen LogP contribution in [0, 0.1) is 0 Å². The molecule has 0 aromatic rings. The summed E-state index contributed by atoms with van der Waals surface area (Å²) in [5, 5.41) is 18.3. The van der Waals surface area contributed by atoms with Gasteiger partial charge in [-0.1, -0.05) is 20.8 Å². The molecule has 0 fully saturated rings. The van der Waals surface area contributed by atoms with E-state index in [-0.39, 0.29) is 11.6 Å². The lowest BCUT2D eigenvalue weighted by Gasteiger charge is -2.39. The minimum absolute atomic E-state index is 0.0203. The monoisotopic (exact) mass is 235 g/mol. The third-order valence-corrected chi connectivity index (χ3v) is 7.55. The third kappa shape index (κ3) is 4.61. The van der Waals surface area contributed by atoms with Crippen LogP contribution < -0.4 is 5.73 Å². The SMILES string of the molecule is CC(C)(C)[Si](C)(C)O[C@@H](CCO)C(N)O. The third-order valence-electron chi connectivity index (χ3n) is 3.05. The topological polar surface area (TPSA) is 75.7 Å². The highest BCUT2D eigenvalue weighted by Crippen LogP contribution is 2.37. The Labute approximate surface area is 93.6 Å². The molecule has 5 heteroatoms. The maximum atomic E-state index is 9.34. The van der Waals surface area contributed by atoms with Gasteiger partial charge in [-0.3, -0.25) is 0 Å². The fraction of sp³-hybridized carbons (Fsp3) is 1.00. The minimum Gasteiger partial charge on any atom is -0.410 e. The molecule has 0 aromatic heterocycles. The average Bonchev–Trinajstić information content (AvgIpc) is 2.00. The van der Waals surface area contributed by atoms with Crippen molar-refractivity contribution in [2.45, 2.75) is 57.7 Å². The molecule has 0 aliphatic heterocycles. The number of nitrogens with two attached hydrogens (primary N) is 1. The maximum Gasteiger partial charge on any atom is 0.192 e. The molecule has 0 bridgehead atoms. The molecule has 4 N–H and O–H groups in total. The van der Waals surface area contributed by atoms with Crippen molar-refractivity contribution in [1.29, 1.82) is 0 Å². The molecule has 0 heterocycles. The van der Waals surface area contributed by atoms with E-state index in [4.69, 9.17) is 15.3 Å². The Morgan fingerprint density at radius 3 is 2.07 bits per heavy atom. The standard InChI is InChI=1S/C10H25NO3Si/c1-10(2,3)15(4,5)14-8(6-7-12)9(11)13/h8-9,12-13H,6-7,11H2,1-5H3/t8-,9?/m0/s1. The van der Waals surface area contributed by atoms with Gasteiger partial charge in [0.1, 0.15) is 6.23 Å². The summed E-state index contributed by atoms with van der Waals surface area (Å²) in [6.07, 6.45) is -1.10. The number of hydrogen-bond acceptors (Lipinski definition) is 4. The van der Waals surface area contributed by atoms with Gasteiger partial charge < -0.3 is 20.4 Å². The van der Waals surface area contributed by atoms with E-state index in [0.29, 0.717) is 6.42 Å². The molecule has 0 aromatic carbocycles. The summed E-state index contributed by atoms with van der Waals surface area (Å²) in [7, 11) is -1.92. The lowest BCUT2D eigenvalue weighted by atomic mass is 10.2. The van der Waals surface area contributed by atoms with Crippen LogP contribution in [0.1, 0.15) is 27.2 Å². The largest absolute Gasteiger partial charge is 0.410 e. The van der Waals surface area contributed by atoms with Crippen molar-refractivity contribution in [3.05, 3.63) is 0 Å². The first-order valence-corrected chi connectivity index (χ1v) is 8.25. The van der Waals surface area contributed by atoms with E-state index in [0.717, 1.165) is 0 Å². The molecule has 1 unspecified atom stereocenters. The van der Waals surface area contributed by atoms with E-state index in [1.165, 1.54) is 0 Å². The summed E-state index contributed by atoms with van der Waals surface area (Å²) in [6, 6.07) is 0. The molecule has 0 radical (unpaired) electrons. The molecule has 0 saturated carbocycles. The zero-order valence-corrected chi connectivity index (χ0v) is 11.4. The van der Waals surface area contributed by atoms with Crippen molar-refractivity contribution >= 4 is 8.32 Å². The summed E-state index contributed by atoms with van der Waals surface area (Å²) >= 11 is 0. The summed E-state index contributed by atoms with van der Waals surface area (Å²) in [5.74, 6) is 0. The van der Waals surface area contributed by atoms with E-state index in [9.17, 15) is 5.11 Å². The van der Waals surface area contributed by atoms with Gasteiger partial charge in [-0.15, -0.1) is 0 Å². The molecular weight excluding hydrogens is 210 g/mol. The van der Waals surface area contributed by atoms with E-state index in [1.807, 2.05) is 0 Å². The minimum atomic E-state index is -1.92. The Kier molecular flexibility index (Phi) is 5.43. The molecule has 0 aliphatic rings. The quantitative estimate of drug-likeness (QED) is 0.491. The van der Waals surface area contributed by atoms with Crippen molar-refractivity contribution in [1.82, 2.24) is 0 Å². The molecule has 0 aliphatic carbocycles. The Morgan fingerprint density at radius 1 is 1.33 bits per heavy atom. The maximum absolute atomic E-state index is 9.34. The highest BCUT2D eigenvalue weighted by Gasteiger charge is 2.39. The zero-order chi connectivity index (χ0) is 12.3. The van der Waals surface area contributed by atoms with Gasteiger partial charge in [-0.2, -0.15) is 0 Å². The molecule has 0 rings (SSSR count). The van der Waals surface area contributed by atoms with Crippen LogP contribution in [0.3, 0.4) is 0 Å². The van der Waals surface area contributed by atoms with E-state index in [1.54, 1.807) is 0 Å². The lowest BCUT2D eigenvalue weighted by Crippen LogP contribution is -2.49. The Bertz CT molecular complexity index is 190. The van der Waals surface area contributed by atoms with Crippen molar-refractivity contribution in [3.8, 4) is 0 Å². The van der Waals surface area contributed by atoms with Gasteiger partial charge in [-0.25, -0.2) is 0 Å². The lowest BCUT2D eigenvalue weighted by molar-refractivity contribution is 0.0171. The summed E-state index contributed by atoms with van der Waals surface area (Å²) in [4.78, 5) is 0. The van der Waals surface area contributed by atoms with Gasteiger partial charge in [-0.05, 0) is 24.6 Å². The highest BCUT2D eigenvalue weighted by atomic mass is 28.4. The van der Waals surface area contributed by atoms with E-state index in [2.05, 4.69) is 33.9 Å². The van der Waals surface area contributed by atoms with Crippen molar-refractivity contribution < 1.29 is 14.6 Å². The molecule has 92 valence electrons. The smallest absolute Gasteiger partial charge is 0.192 e. The number of aliphatic hydroxyl groups is 2. The first kappa shape index (κ1) is 15.1. The van der Waals surface area contributed by atoms with Crippen molar-refractivity contribution in [3.63, 3.8) is 0 Å². The number of rotatable bonds is 5. The second kappa shape index (κ2) is 5.40. The number of aliphatic hydroxyl groups excluding tert-OH is 2. The second-order valence-electron chi connectivity index (χ2n) is 5.42. The number of hydrogen-bond donors (Lipinski definition) is 3. The second-order valence-corrected chi connectivity index (χ2v) is 10.2. The molecule has 4 nitrogen and oxygen atoms in total. The van der Waals surface area contributed by atoms with Gasteiger partial charge in [0.2, 0.25) is 0 Å². The van der Waals surface area contributed by atoms with Crippen LogP contribution in [-0.4, -0.2) is 37.5 Å². The van der Waals surface area contributed by atoms with Crippen molar-refractivity contribution in [2.24, 2.45) is 5.73 Å². The first-order chi connectivity index (χ1) is 6.62. The molecule has 0 saturated heterocycles. The van der Waals surface area contributed by atoms with Gasteiger partial charge >= 0.3 is 0 Å². The summed E-state index contributed by atoms with van der Waals surface area (Å²) in [6.45, 7) is 10.5. The van der Waals surface area contributed by atoms with Crippen LogP contribution in [0.15, 0.2) is 0 Å². The summed E-state index contributed by atoms with van der Waals surface area (Å²) in [5.41, 5.74) is 5.41. The Hall–Kier alpha value is 0.0569. The van der Waals surface area contributed by atoms with Gasteiger partial charge in [0.25, 0.3) is 0 Å². The van der Waals surface area contributed by atoms with Gasteiger partial charge in [0.05, 0.1) is 6.10 Å². The molecule has 0 amide bonds. The van der Waals surface area contributed by atoms with Crippen LogP contribution in [-0.2, 0) is 4.43 Å². The molecule has 2 atom stereocenters. The molecule has 15 heavy (non-hydrogen) atoms.